The number of benzene rings is 2. The summed E-state index contributed by atoms with van der Waals surface area (Å²) in [6, 6.07) is 5.12. The Balaban J connectivity index is 1.52. The summed E-state index contributed by atoms with van der Waals surface area (Å²) in [5.41, 5.74) is -5.56. The van der Waals surface area contributed by atoms with E-state index >= 15 is 8.78 Å². The van der Waals surface area contributed by atoms with E-state index in [1.54, 1.807) is 0 Å². The van der Waals surface area contributed by atoms with Crippen LogP contribution in [0.5, 0.6) is 0 Å². The van der Waals surface area contributed by atoms with Crippen molar-refractivity contribution in [3.8, 4) is 11.1 Å². The fourth-order valence-corrected chi connectivity index (χ4v) is 10.3. The van der Waals surface area contributed by atoms with E-state index in [4.69, 9.17) is 40.6 Å². The van der Waals surface area contributed by atoms with E-state index in [0.717, 1.165) is 44.4 Å². The molecule has 2 aromatic carbocycles. The predicted octanol–water partition coefficient (Wildman–Crippen LogP) is 8.45. The molecule has 0 bridgehead atoms. The molecule has 2 amide bonds. The normalized spacial score (nSPS) is 16.3. The second kappa shape index (κ2) is 24.8. The van der Waals surface area contributed by atoms with Crippen molar-refractivity contribution in [3.63, 3.8) is 0 Å². The average molecular weight is 1210 g/mol. The SMILES string of the molecule is C[C@@H]1c2c(C(F)(F)F)nn(CC(=O)N[C@@H](Cc3cc(F)cc(F)c3)c3nc(CCC(C)(C)S(C)(=O)=O)ccc3-c3ccc(Cl)c4c(N(C(=O)OCCOCCOCCOCCO)S(C)(=O)=O)nn(CC(F)(F)F)c34)c2C(F)(F)[C@@H]1C. The predicted molar refractivity (Wildman–Crippen MR) is 269 cm³/mol. The molecule has 2 N–H and O–H groups in total. The Morgan fingerprint density at radius 1 is 0.850 bits per heavy atom. The zero-order valence-electron chi connectivity index (χ0n) is 43.7. The van der Waals surface area contributed by atoms with Gasteiger partial charge in [-0.1, -0.05) is 37.6 Å². The summed E-state index contributed by atoms with van der Waals surface area (Å²) in [5.74, 6) is -11.6. The van der Waals surface area contributed by atoms with Crippen LogP contribution >= 0.6 is 11.6 Å². The Bertz CT molecular complexity index is 3280. The smallest absolute Gasteiger partial charge is 0.435 e. The van der Waals surface area contributed by atoms with Crippen molar-refractivity contribution in [2.75, 3.05) is 69.7 Å². The van der Waals surface area contributed by atoms with Crippen molar-refractivity contribution < 1.29 is 94.4 Å². The summed E-state index contributed by atoms with van der Waals surface area (Å²) in [6.07, 6.45) is -11.6. The van der Waals surface area contributed by atoms with Crippen molar-refractivity contribution >= 4 is 60.2 Å². The lowest BCUT2D eigenvalue weighted by atomic mass is 9.93. The van der Waals surface area contributed by atoms with E-state index < -0.39 is 155 Å². The van der Waals surface area contributed by atoms with E-state index in [-0.39, 0.29) is 95.1 Å². The van der Waals surface area contributed by atoms with Gasteiger partial charge in [-0.15, -0.1) is 0 Å². The molecule has 31 heteroatoms. The van der Waals surface area contributed by atoms with Crippen LogP contribution in [0.4, 0.5) is 54.5 Å². The number of anilines is 1. The number of ether oxygens (including phenoxy) is 4. The molecular weight excluding hydrogens is 1150 g/mol. The van der Waals surface area contributed by atoms with Crippen molar-refractivity contribution in [1.29, 1.82) is 0 Å². The summed E-state index contributed by atoms with van der Waals surface area (Å²) < 4.78 is 221. The number of hydrogen-bond acceptors (Lipinski definition) is 14. The first-order chi connectivity index (χ1) is 37.1. The van der Waals surface area contributed by atoms with Gasteiger partial charge in [0.25, 0.3) is 5.92 Å². The molecule has 0 aliphatic heterocycles. The molecule has 0 unspecified atom stereocenters. The van der Waals surface area contributed by atoms with Crippen LogP contribution in [0, 0.1) is 17.6 Å². The lowest BCUT2D eigenvalue weighted by molar-refractivity contribution is -0.143. The highest BCUT2D eigenvalue weighted by Crippen LogP contribution is 2.55. The molecule has 442 valence electrons. The Morgan fingerprint density at radius 3 is 2.00 bits per heavy atom. The third-order valence-corrected chi connectivity index (χ3v) is 16.7. The molecule has 80 heavy (non-hydrogen) atoms. The number of aromatic nitrogens is 5. The third-order valence-electron chi connectivity index (χ3n) is 13.2. The molecule has 3 aromatic heterocycles. The number of sulfonamides is 1. The standard InChI is InChI=1S/C49H56ClF10N7O11S2/c1-27-28(2)48(56,57)43-38(27)42(49(58,59)60)63-65(43)25-37(69)62-36(23-29-21-30(51)24-31(52)22-29)40-33(8-7-32(61-40)11-12-46(3,4)79(5,71)72)34-9-10-35(50)39-41(34)66(26-47(53,54)55)64-44(39)67(80(6,73)74)45(70)78-20-19-77-18-17-76-16-15-75-14-13-68/h7-10,21-22,24,27-28,36,68H,11-20,23,25-26H2,1-6H3,(H,62,69)/t27-,28+,36-/m0/s1. The first-order valence-corrected chi connectivity index (χ1v) is 28.5. The lowest BCUT2D eigenvalue weighted by Gasteiger charge is -2.25. The second-order valence-electron chi connectivity index (χ2n) is 19.5. The van der Waals surface area contributed by atoms with Crippen LogP contribution in [0.15, 0.2) is 42.5 Å². The largest absolute Gasteiger partial charge is 0.446 e. The monoisotopic (exact) mass is 1210 g/mol. The van der Waals surface area contributed by atoms with Crippen LogP contribution < -0.4 is 9.62 Å². The molecule has 5 aromatic rings. The van der Waals surface area contributed by atoms with Gasteiger partial charge in [0.1, 0.15) is 37.0 Å². The average Bonchev–Trinajstić information content (AvgIpc) is 3.96. The number of sulfone groups is 1. The number of hydrogen-bond donors (Lipinski definition) is 2. The molecule has 3 atom stereocenters. The number of nitrogens with zero attached hydrogens (tertiary/aromatic N) is 6. The number of aryl methyl sites for hydroxylation is 1. The molecule has 3 heterocycles. The van der Waals surface area contributed by atoms with E-state index in [1.807, 2.05) is 0 Å². The van der Waals surface area contributed by atoms with Gasteiger partial charge in [-0.2, -0.15) is 49.6 Å². The number of pyridine rings is 1. The van der Waals surface area contributed by atoms with Crippen molar-refractivity contribution in [2.45, 2.75) is 95.0 Å². The number of halogens is 11. The molecule has 18 nitrogen and oxygen atoms in total. The first-order valence-electron chi connectivity index (χ1n) is 24.3. The highest BCUT2D eigenvalue weighted by atomic mass is 35.5. The van der Waals surface area contributed by atoms with E-state index in [1.165, 1.54) is 26.0 Å². The fourth-order valence-electron chi connectivity index (χ4n) is 8.82. The summed E-state index contributed by atoms with van der Waals surface area (Å²) in [6.45, 7) is 0.964. The van der Waals surface area contributed by atoms with Gasteiger partial charge < -0.3 is 29.4 Å². The maximum absolute atomic E-state index is 15.9. The van der Waals surface area contributed by atoms with Gasteiger partial charge in [0.05, 0.1) is 84.9 Å². The molecule has 6 rings (SSSR count). The van der Waals surface area contributed by atoms with Crippen LogP contribution in [0.2, 0.25) is 5.02 Å². The minimum atomic E-state index is -5.26. The van der Waals surface area contributed by atoms with Crippen molar-refractivity contribution in [1.82, 2.24) is 29.9 Å². The molecule has 0 saturated carbocycles. The van der Waals surface area contributed by atoms with Crippen molar-refractivity contribution in [3.05, 3.63) is 93.0 Å². The van der Waals surface area contributed by atoms with Gasteiger partial charge in [0.15, 0.2) is 21.3 Å². The zero-order valence-corrected chi connectivity index (χ0v) is 46.0. The van der Waals surface area contributed by atoms with E-state index in [0.29, 0.717) is 12.3 Å². The molecule has 0 spiro atoms. The number of fused-ring (bicyclic) bond motifs is 2. The first kappa shape index (κ1) is 63.5. The highest BCUT2D eigenvalue weighted by Gasteiger charge is 2.57. The van der Waals surface area contributed by atoms with Crippen LogP contribution in [0.3, 0.4) is 0 Å². The van der Waals surface area contributed by atoms with Gasteiger partial charge >= 0.3 is 18.4 Å². The number of alkyl halides is 8. The van der Waals surface area contributed by atoms with Crippen LogP contribution in [-0.4, -0.2) is 135 Å². The topological polar surface area (TPSA) is 223 Å². The molecule has 0 fully saturated rings. The Hall–Kier alpha value is -5.66. The second-order valence-corrected chi connectivity index (χ2v) is 24.3. The highest BCUT2D eigenvalue weighted by molar-refractivity contribution is 7.92. The van der Waals surface area contributed by atoms with Crippen LogP contribution in [0.25, 0.3) is 22.0 Å². The minimum Gasteiger partial charge on any atom is -0.446 e. The van der Waals surface area contributed by atoms with Gasteiger partial charge in [0, 0.05) is 40.6 Å². The maximum atomic E-state index is 15.9. The van der Waals surface area contributed by atoms with Crippen LogP contribution in [-0.2, 0) is 81.6 Å². The summed E-state index contributed by atoms with van der Waals surface area (Å²) in [7, 11) is -8.64. The Labute approximate surface area is 457 Å². The third kappa shape index (κ3) is 14.9. The van der Waals surface area contributed by atoms with Crippen molar-refractivity contribution in [2.24, 2.45) is 5.92 Å². The van der Waals surface area contributed by atoms with Gasteiger partial charge in [-0.25, -0.2) is 30.4 Å². The molecule has 1 aliphatic carbocycles. The van der Waals surface area contributed by atoms with E-state index in [2.05, 4.69) is 15.5 Å². The molecule has 0 radical (unpaired) electrons. The van der Waals surface area contributed by atoms with Crippen LogP contribution in [0.1, 0.15) is 80.0 Å². The summed E-state index contributed by atoms with van der Waals surface area (Å²) in [5, 5.41) is 17.5. The maximum Gasteiger partial charge on any atom is 0.435 e. The molecular formula is C49H56ClF10N7O11S2. The van der Waals surface area contributed by atoms with Gasteiger partial charge in [-0.05, 0) is 68.9 Å². The lowest BCUT2D eigenvalue weighted by Crippen LogP contribution is -2.37. The summed E-state index contributed by atoms with van der Waals surface area (Å²) in [4.78, 5) is 32.8. The fraction of sp³-hybridized carbons (Fsp3) is 0.531. The quantitative estimate of drug-likeness (QED) is 0.0413. The molecule has 0 saturated heterocycles. The minimum absolute atomic E-state index is 0.0357. The number of amides is 2. The number of carbonyl (C=O) groups is 2. The molecule has 1 aliphatic rings. The Kier molecular flexibility index (Phi) is 19.7. The number of aliphatic hydroxyl groups excluding tert-OH is 1. The number of carbonyl (C=O) groups excluding carboxylic acids is 2. The van der Waals surface area contributed by atoms with E-state index in [9.17, 15) is 61.5 Å². The number of nitrogens with one attached hydrogen (secondary N) is 1. The Morgan fingerprint density at radius 2 is 1.44 bits per heavy atom. The van der Waals surface area contributed by atoms with Gasteiger partial charge in [0.2, 0.25) is 15.9 Å². The number of rotatable bonds is 25. The summed E-state index contributed by atoms with van der Waals surface area (Å²) >= 11 is 6.68. The zero-order chi connectivity index (χ0) is 59.5. The van der Waals surface area contributed by atoms with Gasteiger partial charge in [-0.3, -0.25) is 19.1 Å². The number of aliphatic hydroxyl groups is 1.